The third kappa shape index (κ3) is 3.74. The van der Waals surface area contributed by atoms with E-state index in [9.17, 15) is 4.79 Å². The molecule has 6 heteroatoms. The predicted octanol–water partition coefficient (Wildman–Crippen LogP) is 4.66. The molecule has 26 heavy (non-hydrogen) atoms. The lowest BCUT2D eigenvalue weighted by molar-refractivity contribution is 0.102. The largest absolute Gasteiger partial charge is 0.496 e. The predicted molar refractivity (Wildman–Crippen MR) is 101 cm³/mol. The van der Waals surface area contributed by atoms with Gasteiger partial charge in [0.25, 0.3) is 5.91 Å². The fraction of sp³-hybridized carbons (Fsp3) is 0.150. The van der Waals surface area contributed by atoms with Crippen molar-refractivity contribution in [2.24, 2.45) is 0 Å². The van der Waals surface area contributed by atoms with Crippen molar-refractivity contribution in [1.29, 1.82) is 0 Å². The number of furan rings is 1. The lowest BCUT2D eigenvalue weighted by Crippen LogP contribution is -2.14. The summed E-state index contributed by atoms with van der Waals surface area (Å²) in [5, 5.41) is 12.5. The maximum atomic E-state index is 12.7. The Morgan fingerprint density at radius 3 is 2.69 bits per heavy atom. The molecule has 0 radical (unpaired) electrons. The van der Waals surface area contributed by atoms with Crippen LogP contribution < -0.4 is 10.1 Å². The summed E-state index contributed by atoms with van der Waals surface area (Å²) in [6.07, 6.45) is 0. The van der Waals surface area contributed by atoms with Crippen LogP contribution >= 0.6 is 11.6 Å². The van der Waals surface area contributed by atoms with Crippen molar-refractivity contribution in [3.05, 3.63) is 70.4 Å². The number of anilines is 1. The molecular formula is C20H18ClNO4. The molecule has 5 nitrogen and oxygen atoms in total. The second-order valence-electron chi connectivity index (χ2n) is 5.75. The first kappa shape index (κ1) is 18.0. The molecule has 134 valence electrons. The zero-order valence-electron chi connectivity index (χ0n) is 14.4. The topological polar surface area (TPSA) is 71.7 Å². The van der Waals surface area contributed by atoms with Crippen molar-refractivity contribution in [2.75, 3.05) is 12.4 Å². The van der Waals surface area contributed by atoms with Crippen LogP contribution in [-0.4, -0.2) is 18.1 Å². The third-order valence-electron chi connectivity index (χ3n) is 3.99. The molecule has 1 heterocycles. The normalized spacial score (nSPS) is 10.6. The van der Waals surface area contributed by atoms with E-state index in [-0.39, 0.29) is 12.5 Å². The average Bonchev–Trinajstić information content (AvgIpc) is 3.12. The van der Waals surface area contributed by atoms with E-state index in [4.69, 9.17) is 25.9 Å². The number of carbonyl (C=O) groups excluding carboxylic acids is 1. The lowest BCUT2D eigenvalue weighted by Gasteiger charge is -2.12. The van der Waals surface area contributed by atoms with Crippen molar-refractivity contribution in [3.8, 4) is 17.1 Å². The number of benzene rings is 2. The van der Waals surface area contributed by atoms with Gasteiger partial charge < -0.3 is 19.6 Å². The molecule has 1 amide bonds. The highest BCUT2D eigenvalue weighted by atomic mass is 35.5. The van der Waals surface area contributed by atoms with Gasteiger partial charge in [0, 0.05) is 16.3 Å². The van der Waals surface area contributed by atoms with Crippen LogP contribution in [0.25, 0.3) is 11.3 Å². The van der Waals surface area contributed by atoms with E-state index in [1.54, 1.807) is 30.3 Å². The van der Waals surface area contributed by atoms with E-state index in [1.165, 1.54) is 7.11 Å². The summed E-state index contributed by atoms with van der Waals surface area (Å²) in [5.74, 6) is 1.22. The SMILES string of the molecule is COc1ccc(Cl)cc1C(=O)Nc1cc(-c2ccc(CO)o2)ccc1C. The van der Waals surface area contributed by atoms with Gasteiger partial charge in [-0.3, -0.25) is 4.79 Å². The molecule has 0 unspecified atom stereocenters. The summed E-state index contributed by atoms with van der Waals surface area (Å²) < 4.78 is 10.8. The molecule has 0 aliphatic rings. The number of aliphatic hydroxyl groups is 1. The van der Waals surface area contributed by atoms with Gasteiger partial charge >= 0.3 is 0 Å². The zero-order chi connectivity index (χ0) is 18.7. The Bertz CT molecular complexity index is 949. The number of methoxy groups -OCH3 is 1. The van der Waals surface area contributed by atoms with Crippen LogP contribution in [0.5, 0.6) is 5.75 Å². The van der Waals surface area contributed by atoms with Crippen LogP contribution in [0.2, 0.25) is 5.02 Å². The van der Waals surface area contributed by atoms with E-state index in [0.29, 0.717) is 33.5 Å². The van der Waals surface area contributed by atoms with Crippen molar-refractivity contribution in [1.82, 2.24) is 0 Å². The van der Waals surface area contributed by atoms with Crippen molar-refractivity contribution in [3.63, 3.8) is 0 Å². The number of aliphatic hydroxyl groups excluding tert-OH is 1. The molecule has 0 bridgehead atoms. The first-order valence-corrected chi connectivity index (χ1v) is 8.35. The Kier molecular flexibility index (Phi) is 5.30. The lowest BCUT2D eigenvalue weighted by atomic mass is 10.1. The molecule has 1 aromatic heterocycles. The van der Waals surface area contributed by atoms with E-state index in [0.717, 1.165) is 11.1 Å². The number of aryl methyl sites for hydroxylation is 1. The quantitative estimate of drug-likeness (QED) is 0.684. The highest BCUT2D eigenvalue weighted by Gasteiger charge is 2.15. The molecule has 0 spiro atoms. The van der Waals surface area contributed by atoms with Crippen molar-refractivity contribution in [2.45, 2.75) is 13.5 Å². The van der Waals surface area contributed by atoms with Gasteiger partial charge in [0.15, 0.2) is 0 Å². The number of hydrogen-bond donors (Lipinski definition) is 2. The summed E-state index contributed by atoms with van der Waals surface area (Å²) >= 11 is 6.01. The minimum atomic E-state index is -0.319. The van der Waals surface area contributed by atoms with E-state index >= 15 is 0 Å². The van der Waals surface area contributed by atoms with Gasteiger partial charge in [-0.1, -0.05) is 23.7 Å². The monoisotopic (exact) mass is 371 g/mol. The Balaban J connectivity index is 1.91. The van der Waals surface area contributed by atoms with Crippen LogP contribution in [0.1, 0.15) is 21.7 Å². The van der Waals surface area contributed by atoms with Gasteiger partial charge in [0.1, 0.15) is 23.9 Å². The third-order valence-corrected chi connectivity index (χ3v) is 4.23. The maximum Gasteiger partial charge on any atom is 0.259 e. The Morgan fingerprint density at radius 1 is 1.19 bits per heavy atom. The molecule has 0 aliphatic heterocycles. The minimum absolute atomic E-state index is 0.163. The number of halogens is 1. The van der Waals surface area contributed by atoms with Crippen LogP contribution in [0.15, 0.2) is 52.9 Å². The Hall–Kier alpha value is -2.76. The van der Waals surface area contributed by atoms with Crippen molar-refractivity contribution < 1.29 is 19.1 Å². The summed E-state index contributed by atoms with van der Waals surface area (Å²) in [6.45, 7) is 1.74. The van der Waals surface area contributed by atoms with Gasteiger partial charge in [-0.15, -0.1) is 0 Å². The molecule has 0 aliphatic carbocycles. The van der Waals surface area contributed by atoms with E-state index in [2.05, 4.69) is 5.32 Å². The highest BCUT2D eigenvalue weighted by molar-refractivity contribution is 6.31. The molecule has 0 saturated carbocycles. The molecule has 0 saturated heterocycles. The number of nitrogens with one attached hydrogen (secondary N) is 1. The number of hydrogen-bond acceptors (Lipinski definition) is 4. The molecule has 2 N–H and O–H groups in total. The molecule has 0 fully saturated rings. The Morgan fingerprint density at radius 2 is 2.00 bits per heavy atom. The minimum Gasteiger partial charge on any atom is -0.496 e. The molecule has 0 atom stereocenters. The first-order valence-electron chi connectivity index (χ1n) is 7.97. The molecule has 2 aromatic carbocycles. The molecular weight excluding hydrogens is 354 g/mol. The van der Waals surface area contributed by atoms with Crippen LogP contribution in [-0.2, 0) is 6.61 Å². The smallest absolute Gasteiger partial charge is 0.259 e. The summed E-state index contributed by atoms with van der Waals surface area (Å²) in [4.78, 5) is 12.7. The van der Waals surface area contributed by atoms with Gasteiger partial charge in [0.2, 0.25) is 0 Å². The maximum absolute atomic E-state index is 12.7. The van der Waals surface area contributed by atoms with Crippen LogP contribution in [0.3, 0.4) is 0 Å². The van der Waals surface area contributed by atoms with E-state index in [1.807, 2.05) is 25.1 Å². The second kappa shape index (κ2) is 7.64. The number of rotatable bonds is 5. The van der Waals surface area contributed by atoms with Gasteiger partial charge in [-0.05, 0) is 48.9 Å². The van der Waals surface area contributed by atoms with Crippen LogP contribution in [0.4, 0.5) is 5.69 Å². The number of carbonyl (C=O) groups is 1. The summed E-state index contributed by atoms with van der Waals surface area (Å²) in [7, 11) is 1.50. The van der Waals surface area contributed by atoms with E-state index < -0.39 is 0 Å². The van der Waals surface area contributed by atoms with Crippen molar-refractivity contribution >= 4 is 23.2 Å². The molecule has 3 aromatic rings. The first-order chi connectivity index (χ1) is 12.5. The standard InChI is InChI=1S/C20H18ClNO4/c1-12-3-4-13(18-8-6-15(11-23)26-18)9-17(12)22-20(24)16-10-14(21)5-7-19(16)25-2/h3-10,23H,11H2,1-2H3,(H,22,24). The summed E-state index contributed by atoms with van der Waals surface area (Å²) in [5.41, 5.74) is 2.70. The fourth-order valence-electron chi connectivity index (χ4n) is 2.58. The highest BCUT2D eigenvalue weighted by Crippen LogP contribution is 2.29. The number of amides is 1. The zero-order valence-corrected chi connectivity index (χ0v) is 15.1. The second-order valence-corrected chi connectivity index (χ2v) is 6.19. The van der Waals surface area contributed by atoms with Gasteiger partial charge in [-0.25, -0.2) is 0 Å². The molecule has 3 rings (SSSR count). The summed E-state index contributed by atoms with van der Waals surface area (Å²) in [6, 6.07) is 14.0. The fourth-order valence-corrected chi connectivity index (χ4v) is 2.75. The Labute approximate surface area is 156 Å². The van der Waals surface area contributed by atoms with Crippen LogP contribution in [0, 0.1) is 6.92 Å². The van der Waals surface area contributed by atoms with Gasteiger partial charge in [0.05, 0.1) is 12.7 Å². The average molecular weight is 372 g/mol. The number of ether oxygens (including phenoxy) is 1. The van der Waals surface area contributed by atoms with Gasteiger partial charge in [-0.2, -0.15) is 0 Å².